The first kappa shape index (κ1) is 15.8. The van der Waals surface area contributed by atoms with Crippen LogP contribution in [0.5, 0.6) is 11.5 Å². The van der Waals surface area contributed by atoms with Crippen molar-refractivity contribution in [3.05, 3.63) is 65.7 Å². The molecule has 128 valence electrons. The molecule has 3 aromatic rings. The van der Waals surface area contributed by atoms with E-state index in [4.69, 9.17) is 14.6 Å². The van der Waals surface area contributed by atoms with Crippen LogP contribution in [-0.4, -0.2) is 23.9 Å². The molecule has 0 aromatic heterocycles. The summed E-state index contributed by atoms with van der Waals surface area (Å²) in [6, 6.07) is 18.1. The van der Waals surface area contributed by atoms with Crippen molar-refractivity contribution in [3.8, 4) is 17.6 Å². The van der Waals surface area contributed by atoms with Crippen molar-refractivity contribution in [2.24, 2.45) is 0 Å². The molecule has 6 nitrogen and oxygen atoms in total. The van der Waals surface area contributed by atoms with Crippen molar-refractivity contribution in [1.82, 2.24) is 0 Å². The van der Waals surface area contributed by atoms with Crippen LogP contribution in [0.3, 0.4) is 0 Å². The van der Waals surface area contributed by atoms with E-state index in [0.717, 1.165) is 10.8 Å². The van der Waals surface area contributed by atoms with Crippen molar-refractivity contribution >= 4 is 22.4 Å². The van der Waals surface area contributed by atoms with Crippen molar-refractivity contribution in [1.29, 1.82) is 5.26 Å². The smallest absolute Gasteiger partial charge is 0.335 e. The van der Waals surface area contributed by atoms with Crippen molar-refractivity contribution in [2.75, 3.05) is 11.9 Å². The predicted octanol–water partition coefficient (Wildman–Crippen LogP) is 3.62. The Balaban J connectivity index is 1.55. The Morgan fingerprint density at radius 3 is 2.88 bits per heavy atom. The fraction of sp³-hybridized carbons (Fsp3) is 0.100. The van der Waals surface area contributed by atoms with E-state index in [0.29, 0.717) is 22.7 Å². The summed E-state index contributed by atoms with van der Waals surface area (Å²) in [6.07, 6.45) is -0.473. The lowest BCUT2D eigenvalue weighted by molar-refractivity contribution is 0.0696. The number of carbonyl (C=O) groups is 1. The molecule has 0 saturated carbocycles. The maximum atomic E-state index is 11.1. The summed E-state index contributed by atoms with van der Waals surface area (Å²) in [6.45, 7) is 0.166. The van der Waals surface area contributed by atoms with Crippen molar-refractivity contribution in [2.45, 2.75) is 6.23 Å². The van der Waals surface area contributed by atoms with Gasteiger partial charge in [-0.1, -0.05) is 30.3 Å². The molecule has 1 atom stereocenters. The Kier molecular flexibility index (Phi) is 3.82. The van der Waals surface area contributed by atoms with Crippen LogP contribution in [0.2, 0.25) is 0 Å². The number of anilines is 1. The van der Waals surface area contributed by atoms with E-state index in [2.05, 4.69) is 11.4 Å². The van der Waals surface area contributed by atoms with Crippen molar-refractivity contribution < 1.29 is 19.4 Å². The Bertz CT molecular complexity index is 1060. The number of fused-ring (bicyclic) bond motifs is 2. The third kappa shape index (κ3) is 2.76. The van der Waals surface area contributed by atoms with Gasteiger partial charge in [-0.15, -0.1) is 0 Å². The molecule has 1 aliphatic rings. The highest BCUT2D eigenvalue weighted by atomic mass is 16.6. The van der Waals surface area contributed by atoms with E-state index in [1.165, 1.54) is 12.1 Å². The number of aromatic carboxylic acids is 1. The van der Waals surface area contributed by atoms with Crippen LogP contribution in [0.1, 0.15) is 15.9 Å². The maximum absolute atomic E-state index is 11.1. The highest BCUT2D eigenvalue weighted by Gasteiger charge is 2.24. The SMILES string of the molecule is N#Cc1ccc2ccccc2c1OCC1Nc2ccc(C(=O)O)cc2O1. The summed E-state index contributed by atoms with van der Waals surface area (Å²) < 4.78 is 11.6. The minimum atomic E-state index is -1.01. The largest absolute Gasteiger partial charge is 0.486 e. The van der Waals surface area contributed by atoms with Gasteiger partial charge in [0, 0.05) is 5.39 Å². The summed E-state index contributed by atoms with van der Waals surface area (Å²) in [7, 11) is 0. The van der Waals surface area contributed by atoms with E-state index in [9.17, 15) is 10.1 Å². The highest BCUT2D eigenvalue weighted by molar-refractivity contribution is 5.90. The van der Waals surface area contributed by atoms with Crippen molar-refractivity contribution in [3.63, 3.8) is 0 Å². The van der Waals surface area contributed by atoms with Gasteiger partial charge in [-0.25, -0.2) is 4.79 Å². The van der Waals surface area contributed by atoms with E-state index >= 15 is 0 Å². The number of nitrogens with one attached hydrogen (secondary N) is 1. The quantitative estimate of drug-likeness (QED) is 0.750. The number of hydrogen-bond acceptors (Lipinski definition) is 5. The van der Waals surface area contributed by atoms with Gasteiger partial charge < -0.3 is 19.9 Å². The predicted molar refractivity (Wildman–Crippen MR) is 95.6 cm³/mol. The number of carboxylic acids is 1. The number of nitriles is 1. The molecule has 0 saturated heterocycles. The minimum Gasteiger partial charge on any atom is -0.486 e. The Hall–Kier alpha value is -3.72. The summed E-state index contributed by atoms with van der Waals surface area (Å²) >= 11 is 0. The molecule has 0 aliphatic carbocycles. The van der Waals surface area contributed by atoms with E-state index in [1.54, 1.807) is 12.1 Å². The van der Waals surface area contributed by atoms with Crippen LogP contribution >= 0.6 is 0 Å². The molecule has 4 rings (SSSR count). The van der Waals surface area contributed by atoms with Crippen LogP contribution in [0.4, 0.5) is 5.69 Å². The molecule has 0 amide bonds. The van der Waals surface area contributed by atoms with Gasteiger partial charge in [0.25, 0.3) is 0 Å². The first-order valence-corrected chi connectivity index (χ1v) is 8.01. The third-order valence-corrected chi connectivity index (χ3v) is 4.19. The van der Waals surface area contributed by atoms with Gasteiger partial charge in [-0.05, 0) is 29.7 Å². The van der Waals surface area contributed by atoms with Crippen LogP contribution in [0.25, 0.3) is 10.8 Å². The first-order chi connectivity index (χ1) is 12.7. The standard InChI is InChI=1S/C20H14N2O4/c21-10-14-6-5-12-3-1-2-4-15(12)19(14)25-11-18-22-16-8-7-13(20(23)24)9-17(16)26-18/h1-9,18,22H,11H2,(H,23,24). The van der Waals surface area contributed by atoms with E-state index < -0.39 is 12.2 Å². The zero-order valence-corrected chi connectivity index (χ0v) is 13.6. The van der Waals surface area contributed by atoms with Crippen LogP contribution in [0, 0.1) is 11.3 Å². The van der Waals surface area contributed by atoms with Crippen LogP contribution in [0.15, 0.2) is 54.6 Å². The lowest BCUT2D eigenvalue weighted by atomic mass is 10.1. The second kappa shape index (κ2) is 6.30. The number of benzene rings is 3. The molecule has 0 bridgehead atoms. The average Bonchev–Trinajstić information content (AvgIpc) is 3.07. The summed E-state index contributed by atoms with van der Waals surface area (Å²) in [5, 5.41) is 23.4. The molecule has 1 heterocycles. The summed E-state index contributed by atoms with van der Waals surface area (Å²) in [5.41, 5.74) is 1.32. The molecule has 1 unspecified atom stereocenters. The molecule has 0 fully saturated rings. The average molecular weight is 346 g/mol. The minimum absolute atomic E-state index is 0.160. The topological polar surface area (TPSA) is 91.6 Å². The monoisotopic (exact) mass is 346 g/mol. The van der Waals surface area contributed by atoms with Gasteiger partial charge in [0.2, 0.25) is 6.23 Å². The normalized spacial score (nSPS) is 14.8. The lowest BCUT2D eigenvalue weighted by Crippen LogP contribution is -2.28. The Morgan fingerprint density at radius 1 is 1.23 bits per heavy atom. The van der Waals surface area contributed by atoms with Crippen LogP contribution in [-0.2, 0) is 0 Å². The van der Waals surface area contributed by atoms with Gasteiger partial charge in [-0.2, -0.15) is 5.26 Å². The van der Waals surface area contributed by atoms with E-state index in [1.807, 2.05) is 30.3 Å². The number of hydrogen-bond donors (Lipinski definition) is 2. The summed E-state index contributed by atoms with van der Waals surface area (Å²) in [5.74, 6) is -0.0272. The van der Waals surface area contributed by atoms with E-state index in [-0.39, 0.29) is 12.2 Å². The fourth-order valence-corrected chi connectivity index (χ4v) is 2.95. The molecule has 3 aromatic carbocycles. The van der Waals surface area contributed by atoms with Gasteiger partial charge in [0.05, 0.1) is 16.8 Å². The number of carboxylic acid groups (broad SMARTS) is 1. The molecule has 6 heteroatoms. The number of ether oxygens (including phenoxy) is 2. The molecule has 1 aliphatic heterocycles. The van der Waals surface area contributed by atoms with Gasteiger partial charge in [0.15, 0.2) is 0 Å². The molecule has 2 N–H and O–H groups in total. The van der Waals surface area contributed by atoms with Gasteiger partial charge in [0.1, 0.15) is 24.2 Å². The van der Waals surface area contributed by atoms with Gasteiger partial charge in [-0.3, -0.25) is 0 Å². The van der Waals surface area contributed by atoms with Gasteiger partial charge >= 0.3 is 5.97 Å². The lowest BCUT2D eigenvalue weighted by Gasteiger charge is -2.15. The zero-order valence-electron chi connectivity index (χ0n) is 13.6. The maximum Gasteiger partial charge on any atom is 0.335 e. The Labute approximate surface area is 149 Å². The fourth-order valence-electron chi connectivity index (χ4n) is 2.95. The number of rotatable bonds is 4. The number of nitrogens with zero attached hydrogens (tertiary/aromatic N) is 1. The molecular weight excluding hydrogens is 332 g/mol. The molecule has 0 radical (unpaired) electrons. The highest BCUT2D eigenvalue weighted by Crippen LogP contribution is 2.34. The van der Waals surface area contributed by atoms with Crippen LogP contribution < -0.4 is 14.8 Å². The second-order valence-corrected chi connectivity index (χ2v) is 5.85. The Morgan fingerprint density at radius 2 is 2.08 bits per heavy atom. The summed E-state index contributed by atoms with van der Waals surface area (Å²) in [4.78, 5) is 11.1. The first-order valence-electron chi connectivity index (χ1n) is 8.01. The third-order valence-electron chi connectivity index (χ3n) is 4.19. The molecule has 26 heavy (non-hydrogen) atoms. The zero-order chi connectivity index (χ0) is 18.1. The second-order valence-electron chi connectivity index (χ2n) is 5.85. The molecular formula is C20H14N2O4. The molecule has 0 spiro atoms.